The van der Waals surface area contributed by atoms with Crippen molar-refractivity contribution >= 4 is 16.4 Å². The van der Waals surface area contributed by atoms with E-state index in [0.717, 1.165) is 19.3 Å². The van der Waals surface area contributed by atoms with E-state index in [1.165, 1.54) is 0 Å². The molecule has 0 aromatic carbocycles. The van der Waals surface area contributed by atoms with Crippen molar-refractivity contribution in [2.24, 2.45) is 0 Å². The summed E-state index contributed by atoms with van der Waals surface area (Å²) in [6.45, 7) is 5.50. The van der Waals surface area contributed by atoms with Crippen LogP contribution in [0.3, 0.4) is 0 Å². The molecule has 138 valence electrons. The predicted molar refractivity (Wildman–Crippen MR) is 83.5 cm³/mol. The Morgan fingerprint density at radius 3 is 2.26 bits per heavy atom. The fourth-order valence-corrected chi connectivity index (χ4v) is 2.24. The van der Waals surface area contributed by atoms with Crippen LogP contribution in [-0.4, -0.2) is 58.1 Å². The smallest absolute Gasteiger partial charge is 0.398 e. The summed E-state index contributed by atoms with van der Waals surface area (Å²) in [7, 11) is -4.71. The van der Waals surface area contributed by atoms with E-state index in [1.807, 2.05) is 13.8 Å². The van der Waals surface area contributed by atoms with Crippen LogP contribution in [0.25, 0.3) is 0 Å². The van der Waals surface area contributed by atoms with Gasteiger partial charge in [0.05, 0.1) is 19.8 Å². The van der Waals surface area contributed by atoms with E-state index in [2.05, 4.69) is 4.18 Å². The van der Waals surface area contributed by atoms with Gasteiger partial charge in [-0.25, -0.2) is 8.98 Å². The summed E-state index contributed by atoms with van der Waals surface area (Å²) < 4.78 is 49.9. The molecule has 0 aromatic heterocycles. The van der Waals surface area contributed by atoms with Gasteiger partial charge in [0.25, 0.3) is 0 Å². The Bertz CT molecular complexity index is 396. The maximum Gasteiger partial charge on any atom is 0.398 e. The van der Waals surface area contributed by atoms with E-state index in [1.54, 1.807) is 0 Å². The lowest BCUT2D eigenvalue weighted by Crippen LogP contribution is -2.30. The van der Waals surface area contributed by atoms with E-state index in [0.29, 0.717) is 26.2 Å². The Morgan fingerprint density at radius 1 is 1.00 bits per heavy atom. The fraction of sp³-hybridized carbons (Fsp3) is 0.929. The molecule has 9 heteroatoms. The summed E-state index contributed by atoms with van der Waals surface area (Å²) in [6, 6.07) is 0. The van der Waals surface area contributed by atoms with Gasteiger partial charge in [-0.05, 0) is 13.3 Å². The van der Waals surface area contributed by atoms with E-state index < -0.39 is 22.5 Å². The number of esters is 1. The molecule has 1 atom stereocenters. The first-order chi connectivity index (χ1) is 10.9. The first kappa shape index (κ1) is 22.3. The minimum absolute atomic E-state index is 0.0226. The largest absolute Gasteiger partial charge is 0.461 e. The van der Waals surface area contributed by atoms with Crippen LogP contribution in [0, 0.1) is 0 Å². The number of unbranched alkanes of at least 4 members (excludes halogenated alkanes) is 3. The number of ether oxygens (including phenoxy) is 3. The molecule has 0 aliphatic rings. The molecular weight excluding hydrogens is 328 g/mol. The molecular formula is C14H28O8S. The van der Waals surface area contributed by atoms with Gasteiger partial charge in [0.15, 0.2) is 6.10 Å². The monoisotopic (exact) mass is 356 g/mol. The molecule has 8 nitrogen and oxygen atoms in total. The number of rotatable bonds is 15. The Labute approximate surface area is 138 Å². The van der Waals surface area contributed by atoms with Gasteiger partial charge in [0.2, 0.25) is 0 Å². The zero-order valence-electron chi connectivity index (χ0n) is 13.9. The summed E-state index contributed by atoms with van der Waals surface area (Å²) in [4.78, 5) is 11.8. The molecule has 0 bridgehead atoms. The van der Waals surface area contributed by atoms with Gasteiger partial charge in [0, 0.05) is 6.61 Å². The number of carbonyl (C=O) groups excluding carboxylic acids is 1. The highest BCUT2D eigenvalue weighted by molar-refractivity contribution is 7.80. The van der Waals surface area contributed by atoms with Crippen LogP contribution in [0.1, 0.15) is 46.0 Å². The fourth-order valence-electron chi connectivity index (χ4n) is 1.77. The predicted octanol–water partition coefficient (Wildman–Crippen LogP) is 1.74. The van der Waals surface area contributed by atoms with E-state index in [-0.39, 0.29) is 19.6 Å². The first-order valence-corrected chi connectivity index (χ1v) is 9.25. The van der Waals surface area contributed by atoms with Crippen molar-refractivity contribution in [2.45, 2.75) is 52.1 Å². The van der Waals surface area contributed by atoms with E-state index >= 15 is 0 Å². The SMILES string of the molecule is CCCCCCC(OS(=O)(=O)O)C(=O)OCCOCCOCC. The molecule has 0 rings (SSSR count). The van der Waals surface area contributed by atoms with Crippen molar-refractivity contribution in [1.29, 1.82) is 0 Å². The second kappa shape index (κ2) is 13.7. The van der Waals surface area contributed by atoms with Crippen molar-refractivity contribution in [2.75, 3.05) is 33.0 Å². The molecule has 0 fully saturated rings. The Morgan fingerprint density at radius 2 is 1.65 bits per heavy atom. The molecule has 0 spiro atoms. The highest BCUT2D eigenvalue weighted by Crippen LogP contribution is 2.12. The Kier molecular flexibility index (Phi) is 13.2. The number of hydrogen-bond donors (Lipinski definition) is 1. The van der Waals surface area contributed by atoms with E-state index in [4.69, 9.17) is 18.8 Å². The molecule has 23 heavy (non-hydrogen) atoms. The van der Waals surface area contributed by atoms with Gasteiger partial charge in [-0.15, -0.1) is 0 Å². The van der Waals surface area contributed by atoms with Gasteiger partial charge in [-0.3, -0.25) is 4.55 Å². The summed E-state index contributed by atoms with van der Waals surface area (Å²) in [5.74, 6) is -0.826. The minimum atomic E-state index is -4.71. The molecule has 0 saturated heterocycles. The van der Waals surface area contributed by atoms with Gasteiger partial charge in [-0.1, -0.05) is 32.6 Å². The highest BCUT2D eigenvalue weighted by Gasteiger charge is 2.26. The molecule has 0 heterocycles. The lowest BCUT2D eigenvalue weighted by atomic mass is 10.1. The second-order valence-electron chi connectivity index (χ2n) is 4.84. The van der Waals surface area contributed by atoms with Crippen molar-refractivity contribution in [3.05, 3.63) is 0 Å². The van der Waals surface area contributed by atoms with Gasteiger partial charge < -0.3 is 14.2 Å². The van der Waals surface area contributed by atoms with Crippen LogP contribution in [0.4, 0.5) is 0 Å². The highest BCUT2D eigenvalue weighted by atomic mass is 32.3. The summed E-state index contributed by atoms with van der Waals surface area (Å²) in [5.41, 5.74) is 0. The van der Waals surface area contributed by atoms with Crippen LogP contribution in [0.2, 0.25) is 0 Å². The molecule has 0 aromatic rings. The standard InChI is InChI=1S/C14H28O8S/c1-3-5-6-7-8-13(22-23(16,17)18)14(15)21-12-11-20-10-9-19-4-2/h13H,3-12H2,1-2H3,(H,16,17,18). The van der Waals surface area contributed by atoms with Gasteiger partial charge >= 0.3 is 16.4 Å². The first-order valence-electron chi connectivity index (χ1n) is 7.88. The zero-order valence-corrected chi connectivity index (χ0v) is 14.7. The van der Waals surface area contributed by atoms with Crippen molar-refractivity contribution in [3.8, 4) is 0 Å². The van der Waals surface area contributed by atoms with E-state index in [9.17, 15) is 13.2 Å². The maximum absolute atomic E-state index is 11.8. The molecule has 0 radical (unpaired) electrons. The third-order valence-corrected chi connectivity index (χ3v) is 3.34. The normalized spacial score (nSPS) is 13.0. The lowest BCUT2D eigenvalue weighted by molar-refractivity contribution is -0.154. The van der Waals surface area contributed by atoms with Gasteiger partial charge in [-0.2, -0.15) is 8.42 Å². The zero-order chi connectivity index (χ0) is 17.6. The van der Waals surface area contributed by atoms with Crippen molar-refractivity contribution < 1.29 is 36.2 Å². The van der Waals surface area contributed by atoms with Crippen LogP contribution >= 0.6 is 0 Å². The topological polar surface area (TPSA) is 108 Å². The number of hydrogen-bond acceptors (Lipinski definition) is 7. The third-order valence-electron chi connectivity index (χ3n) is 2.87. The molecule has 1 unspecified atom stereocenters. The molecule has 0 aliphatic carbocycles. The van der Waals surface area contributed by atoms with Crippen LogP contribution in [-0.2, 0) is 33.6 Å². The molecule has 1 N–H and O–H groups in total. The van der Waals surface area contributed by atoms with Crippen molar-refractivity contribution in [1.82, 2.24) is 0 Å². The average Bonchev–Trinajstić information content (AvgIpc) is 2.48. The average molecular weight is 356 g/mol. The summed E-state index contributed by atoms with van der Waals surface area (Å²) in [6.07, 6.45) is 2.27. The summed E-state index contributed by atoms with van der Waals surface area (Å²) >= 11 is 0. The Balaban J connectivity index is 4.07. The Hall–Kier alpha value is -0.740. The number of carbonyl (C=O) groups is 1. The lowest BCUT2D eigenvalue weighted by Gasteiger charge is -2.14. The van der Waals surface area contributed by atoms with Crippen molar-refractivity contribution in [3.63, 3.8) is 0 Å². The minimum Gasteiger partial charge on any atom is -0.461 e. The quantitative estimate of drug-likeness (QED) is 0.268. The molecule has 0 aliphatic heterocycles. The van der Waals surface area contributed by atoms with Crippen LogP contribution in [0.5, 0.6) is 0 Å². The molecule has 0 amide bonds. The summed E-state index contributed by atoms with van der Waals surface area (Å²) in [5, 5.41) is 0. The van der Waals surface area contributed by atoms with Crippen LogP contribution < -0.4 is 0 Å². The third kappa shape index (κ3) is 14.6. The van der Waals surface area contributed by atoms with Crippen LogP contribution in [0.15, 0.2) is 0 Å². The van der Waals surface area contributed by atoms with Gasteiger partial charge in [0.1, 0.15) is 6.61 Å². The second-order valence-corrected chi connectivity index (χ2v) is 5.89. The maximum atomic E-state index is 11.8. The molecule has 0 saturated carbocycles.